The lowest BCUT2D eigenvalue weighted by atomic mass is 10.1. The monoisotopic (exact) mass is 231 g/mol. The molecule has 17 heavy (non-hydrogen) atoms. The van der Waals surface area contributed by atoms with Gasteiger partial charge in [-0.1, -0.05) is 13.0 Å². The highest BCUT2D eigenvalue weighted by atomic mass is 15.1. The Bertz CT molecular complexity index is 528. The van der Waals surface area contributed by atoms with Crippen molar-refractivity contribution < 1.29 is 4.57 Å². The molecule has 2 rings (SSSR count). The summed E-state index contributed by atoms with van der Waals surface area (Å²) >= 11 is 0. The number of rotatable bonds is 3. The highest BCUT2D eigenvalue weighted by Crippen LogP contribution is 2.30. The van der Waals surface area contributed by atoms with Gasteiger partial charge in [-0.25, -0.2) is 4.57 Å². The second kappa shape index (κ2) is 4.49. The Morgan fingerprint density at radius 2 is 2.18 bits per heavy atom. The molecule has 0 aliphatic carbocycles. The minimum Gasteiger partial charge on any atom is -0.395 e. The first-order valence-corrected chi connectivity index (χ1v) is 5.80. The number of anilines is 2. The van der Waals surface area contributed by atoms with E-state index in [9.17, 15) is 0 Å². The van der Waals surface area contributed by atoms with Gasteiger partial charge in [-0.3, -0.25) is 0 Å². The summed E-state index contributed by atoms with van der Waals surface area (Å²) in [6.07, 6.45) is 6.99. The topological polar surface area (TPSA) is 46.9 Å². The molecule has 0 radical (unpaired) electrons. The third-order valence-corrected chi connectivity index (χ3v) is 2.95. The first kappa shape index (κ1) is 11.5. The van der Waals surface area contributed by atoms with Crippen LogP contribution in [0.25, 0.3) is 5.69 Å². The number of nitrogens with zero attached hydrogens (tertiary/aromatic N) is 2. The standard InChI is InChI=1S/C13H19N4/c1-4-10-5-6-11(14)13(12(10)15-2)17-8-7-16(3)9-17/h5-9,15H,4,14H2,1-3H3/q+1. The van der Waals surface area contributed by atoms with Gasteiger partial charge in [-0.2, -0.15) is 4.57 Å². The van der Waals surface area contributed by atoms with Crippen molar-refractivity contribution >= 4 is 11.4 Å². The first-order valence-electron chi connectivity index (χ1n) is 5.80. The van der Waals surface area contributed by atoms with Crippen LogP contribution in [0, 0.1) is 0 Å². The van der Waals surface area contributed by atoms with E-state index in [1.54, 1.807) is 0 Å². The molecule has 0 fully saturated rings. The van der Waals surface area contributed by atoms with Crippen LogP contribution in [0.1, 0.15) is 12.5 Å². The van der Waals surface area contributed by atoms with Crippen molar-refractivity contribution in [3.63, 3.8) is 0 Å². The first-order chi connectivity index (χ1) is 8.17. The zero-order chi connectivity index (χ0) is 12.4. The van der Waals surface area contributed by atoms with Gasteiger partial charge in [0.15, 0.2) is 5.69 Å². The molecule has 0 unspecified atom stereocenters. The van der Waals surface area contributed by atoms with Crippen molar-refractivity contribution in [2.24, 2.45) is 7.05 Å². The van der Waals surface area contributed by atoms with E-state index in [2.05, 4.69) is 18.3 Å². The largest absolute Gasteiger partial charge is 0.395 e. The minimum absolute atomic E-state index is 0.780. The predicted octanol–water partition coefficient (Wildman–Crippen LogP) is 1.49. The van der Waals surface area contributed by atoms with Gasteiger partial charge in [0, 0.05) is 7.05 Å². The lowest BCUT2D eigenvalue weighted by Crippen LogP contribution is -2.23. The molecule has 0 bridgehead atoms. The molecule has 1 heterocycles. The summed E-state index contributed by atoms with van der Waals surface area (Å²) in [5.41, 5.74) is 10.3. The molecular weight excluding hydrogens is 212 g/mol. The summed E-state index contributed by atoms with van der Waals surface area (Å²) in [6.45, 7) is 2.14. The van der Waals surface area contributed by atoms with Crippen molar-refractivity contribution in [3.05, 3.63) is 36.4 Å². The molecule has 4 nitrogen and oxygen atoms in total. The second-order valence-electron chi connectivity index (χ2n) is 4.13. The molecule has 0 spiro atoms. The molecule has 0 atom stereocenters. The molecule has 3 N–H and O–H groups in total. The second-order valence-corrected chi connectivity index (χ2v) is 4.13. The van der Waals surface area contributed by atoms with E-state index >= 15 is 0 Å². The van der Waals surface area contributed by atoms with Gasteiger partial charge in [0.25, 0.3) is 0 Å². The quantitative estimate of drug-likeness (QED) is 0.621. The molecule has 0 amide bonds. The van der Waals surface area contributed by atoms with Gasteiger partial charge in [0.1, 0.15) is 12.4 Å². The van der Waals surface area contributed by atoms with Crippen molar-refractivity contribution in [1.82, 2.24) is 4.57 Å². The zero-order valence-corrected chi connectivity index (χ0v) is 10.6. The Balaban J connectivity index is 2.66. The molecule has 1 aromatic heterocycles. The fourth-order valence-electron chi connectivity index (χ4n) is 2.08. The molecular formula is C13H19N4+. The maximum atomic E-state index is 6.09. The molecule has 0 aliphatic rings. The summed E-state index contributed by atoms with van der Waals surface area (Å²) in [5, 5.41) is 3.25. The van der Waals surface area contributed by atoms with Crippen LogP contribution >= 0.6 is 0 Å². The molecule has 0 aliphatic heterocycles. The lowest BCUT2D eigenvalue weighted by molar-refractivity contribution is -0.670. The number of nitrogens with one attached hydrogen (secondary N) is 1. The minimum atomic E-state index is 0.780. The molecule has 1 aromatic carbocycles. The predicted molar refractivity (Wildman–Crippen MR) is 70.3 cm³/mol. The van der Waals surface area contributed by atoms with Crippen LogP contribution < -0.4 is 15.6 Å². The smallest absolute Gasteiger partial charge is 0.248 e. The van der Waals surface area contributed by atoms with Gasteiger partial charge in [-0.15, -0.1) is 0 Å². The molecule has 4 heteroatoms. The third kappa shape index (κ3) is 1.98. The van der Waals surface area contributed by atoms with Crippen molar-refractivity contribution in [2.45, 2.75) is 13.3 Å². The number of nitrogen functional groups attached to an aromatic ring is 1. The van der Waals surface area contributed by atoms with Crippen LogP contribution in [0.4, 0.5) is 11.4 Å². The summed E-state index contributed by atoms with van der Waals surface area (Å²) in [6, 6.07) is 4.04. The van der Waals surface area contributed by atoms with E-state index in [-0.39, 0.29) is 0 Å². The number of benzene rings is 1. The lowest BCUT2D eigenvalue weighted by Gasteiger charge is -2.12. The summed E-state index contributed by atoms with van der Waals surface area (Å²) in [4.78, 5) is 0. The van der Waals surface area contributed by atoms with Crippen LogP contribution in [0.15, 0.2) is 30.9 Å². The summed E-state index contributed by atoms with van der Waals surface area (Å²) in [5.74, 6) is 0. The Labute approximate surface area is 102 Å². The molecule has 0 saturated carbocycles. The van der Waals surface area contributed by atoms with Crippen LogP contribution in [-0.4, -0.2) is 11.6 Å². The van der Waals surface area contributed by atoms with E-state index in [1.807, 2.05) is 48.0 Å². The fourth-order valence-corrected chi connectivity index (χ4v) is 2.08. The van der Waals surface area contributed by atoms with Gasteiger partial charge >= 0.3 is 0 Å². The van der Waals surface area contributed by atoms with Crippen molar-refractivity contribution in [1.29, 1.82) is 0 Å². The number of aryl methyl sites for hydroxylation is 2. The van der Waals surface area contributed by atoms with Crippen molar-refractivity contribution in [3.8, 4) is 5.69 Å². The summed E-state index contributed by atoms with van der Waals surface area (Å²) in [7, 11) is 3.93. The maximum absolute atomic E-state index is 6.09. The normalized spacial score (nSPS) is 10.5. The van der Waals surface area contributed by atoms with E-state index in [1.165, 1.54) is 5.56 Å². The average Bonchev–Trinajstić information content (AvgIpc) is 2.74. The average molecular weight is 231 g/mol. The Morgan fingerprint density at radius 3 is 2.71 bits per heavy atom. The SMILES string of the molecule is CCc1ccc(N)c(-n2cc[n+](C)c2)c1NC. The van der Waals surface area contributed by atoms with E-state index < -0.39 is 0 Å². The molecule has 90 valence electrons. The molecule has 2 aromatic rings. The zero-order valence-electron chi connectivity index (χ0n) is 10.6. The highest BCUT2D eigenvalue weighted by Gasteiger charge is 2.16. The van der Waals surface area contributed by atoms with Crippen LogP contribution in [0.3, 0.4) is 0 Å². The Hall–Kier alpha value is -1.97. The number of hydrogen-bond donors (Lipinski definition) is 2. The van der Waals surface area contributed by atoms with E-state index in [4.69, 9.17) is 5.73 Å². The molecule has 0 saturated heterocycles. The number of imidazole rings is 1. The maximum Gasteiger partial charge on any atom is 0.248 e. The van der Waals surface area contributed by atoms with Crippen LogP contribution in [0.5, 0.6) is 0 Å². The van der Waals surface area contributed by atoms with Crippen LogP contribution in [0.2, 0.25) is 0 Å². The number of hydrogen-bond acceptors (Lipinski definition) is 2. The number of aromatic nitrogens is 2. The van der Waals surface area contributed by atoms with Crippen molar-refractivity contribution in [2.75, 3.05) is 18.1 Å². The van der Waals surface area contributed by atoms with E-state index in [0.29, 0.717) is 0 Å². The van der Waals surface area contributed by atoms with Crippen LogP contribution in [-0.2, 0) is 13.5 Å². The Morgan fingerprint density at radius 1 is 1.41 bits per heavy atom. The Kier molecular flexibility index (Phi) is 3.04. The third-order valence-electron chi connectivity index (χ3n) is 2.95. The number of nitrogens with two attached hydrogens (primary N) is 1. The van der Waals surface area contributed by atoms with E-state index in [0.717, 1.165) is 23.5 Å². The fraction of sp³-hybridized carbons (Fsp3) is 0.308. The highest BCUT2D eigenvalue weighted by molar-refractivity contribution is 5.76. The van der Waals surface area contributed by atoms with Gasteiger partial charge in [0.2, 0.25) is 6.33 Å². The summed E-state index contributed by atoms with van der Waals surface area (Å²) < 4.78 is 4.04. The van der Waals surface area contributed by atoms with Gasteiger partial charge in [-0.05, 0) is 18.1 Å². The van der Waals surface area contributed by atoms with Gasteiger partial charge < -0.3 is 11.1 Å². The van der Waals surface area contributed by atoms with Gasteiger partial charge in [0.05, 0.1) is 18.4 Å².